The molecule has 0 radical (unpaired) electrons. The Morgan fingerprint density at radius 3 is 2.16 bits per heavy atom. The van der Waals surface area contributed by atoms with E-state index in [1.807, 2.05) is 43.3 Å². The molecule has 0 saturated carbocycles. The molecule has 1 aliphatic heterocycles. The molecule has 1 aliphatic rings. The Kier molecular flexibility index (Phi) is 6.79. The van der Waals surface area contributed by atoms with Crippen molar-refractivity contribution >= 4 is 11.7 Å². The third kappa shape index (κ3) is 5.32. The van der Waals surface area contributed by atoms with Crippen molar-refractivity contribution in [2.45, 2.75) is 6.92 Å². The number of carbonyl (C=O) groups is 1. The number of piperazine rings is 1. The van der Waals surface area contributed by atoms with Crippen molar-refractivity contribution in [1.29, 1.82) is 0 Å². The molecule has 0 aliphatic carbocycles. The van der Waals surface area contributed by atoms with Gasteiger partial charge in [-0.05, 0) is 67.6 Å². The van der Waals surface area contributed by atoms with E-state index in [9.17, 15) is 9.18 Å². The highest BCUT2D eigenvalue weighted by molar-refractivity contribution is 5.78. The largest absolute Gasteiger partial charge is 0.494 e. The number of aromatic nitrogens is 2. The highest BCUT2D eigenvalue weighted by Crippen LogP contribution is 2.22. The summed E-state index contributed by atoms with van der Waals surface area (Å²) in [7, 11) is 0. The lowest BCUT2D eigenvalue weighted by molar-refractivity contribution is -0.133. The Morgan fingerprint density at radius 2 is 1.53 bits per heavy atom. The second-order valence-electron chi connectivity index (χ2n) is 7.34. The van der Waals surface area contributed by atoms with Gasteiger partial charge in [-0.25, -0.2) is 4.39 Å². The topological polar surface area (TPSA) is 67.8 Å². The number of carbonyl (C=O) groups excluding carboxylic acids is 1. The molecule has 1 amide bonds. The van der Waals surface area contributed by atoms with E-state index in [1.165, 1.54) is 24.3 Å². The van der Waals surface area contributed by atoms with Crippen LogP contribution in [0.4, 0.5) is 10.2 Å². The minimum atomic E-state index is -0.338. The standard InChI is InChI=1S/C24H25FN4O3/c1-2-31-20-7-3-18(4-8-20)22-11-12-23(27-26-22)28-13-15-29(16-14-28)24(30)17-32-21-9-5-19(25)6-10-21/h3-12H,2,13-17H2,1H3. The van der Waals surface area contributed by atoms with Gasteiger partial charge in [-0.15, -0.1) is 10.2 Å². The zero-order valence-corrected chi connectivity index (χ0v) is 17.9. The van der Waals surface area contributed by atoms with Crippen molar-refractivity contribution < 1.29 is 18.7 Å². The first-order valence-electron chi connectivity index (χ1n) is 10.6. The van der Waals surface area contributed by atoms with Crippen LogP contribution in [-0.4, -0.2) is 60.4 Å². The van der Waals surface area contributed by atoms with Gasteiger partial charge in [0.25, 0.3) is 5.91 Å². The van der Waals surface area contributed by atoms with E-state index in [-0.39, 0.29) is 18.3 Å². The van der Waals surface area contributed by atoms with Crippen LogP contribution in [0.25, 0.3) is 11.3 Å². The van der Waals surface area contributed by atoms with Crippen LogP contribution in [0.3, 0.4) is 0 Å². The molecule has 0 spiro atoms. The zero-order valence-electron chi connectivity index (χ0n) is 17.9. The Balaban J connectivity index is 1.28. The molecule has 2 heterocycles. The van der Waals surface area contributed by atoms with Gasteiger partial charge in [0.1, 0.15) is 17.3 Å². The molecule has 2 aromatic carbocycles. The van der Waals surface area contributed by atoms with Crippen LogP contribution in [-0.2, 0) is 4.79 Å². The van der Waals surface area contributed by atoms with Crippen molar-refractivity contribution in [1.82, 2.24) is 15.1 Å². The summed E-state index contributed by atoms with van der Waals surface area (Å²) in [6.45, 7) is 5.01. The van der Waals surface area contributed by atoms with Gasteiger partial charge in [0.2, 0.25) is 0 Å². The molecule has 0 unspecified atom stereocenters. The lowest BCUT2D eigenvalue weighted by Crippen LogP contribution is -2.50. The molecule has 0 atom stereocenters. The minimum absolute atomic E-state index is 0.0672. The quantitative estimate of drug-likeness (QED) is 0.566. The summed E-state index contributed by atoms with van der Waals surface area (Å²) in [6.07, 6.45) is 0. The normalized spacial score (nSPS) is 13.7. The fourth-order valence-electron chi connectivity index (χ4n) is 3.49. The average molecular weight is 436 g/mol. The average Bonchev–Trinajstić information content (AvgIpc) is 2.84. The highest BCUT2D eigenvalue weighted by atomic mass is 19.1. The molecule has 1 saturated heterocycles. The summed E-state index contributed by atoms with van der Waals surface area (Å²) in [6, 6.07) is 17.3. The third-order valence-electron chi connectivity index (χ3n) is 5.24. The number of hydrogen-bond donors (Lipinski definition) is 0. The molecule has 0 N–H and O–H groups in total. The van der Waals surface area contributed by atoms with Crippen molar-refractivity contribution in [3.05, 3.63) is 66.5 Å². The van der Waals surface area contributed by atoms with E-state index >= 15 is 0 Å². The Labute approximate surface area is 186 Å². The second kappa shape index (κ2) is 10.1. The lowest BCUT2D eigenvalue weighted by atomic mass is 10.1. The van der Waals surface area contributed by atoms with Crippen LogP contribution in [0.1, 0.15) is 6.92 Å². The first kappa shape index (κ1) is 21.5. The van der Waals surface area contributed by atoms with E-state index in [2.05, 4.69) is 15.1 Å². The molecule has 4 rings (SSSR count). The molecule has 1 aromatic heterocycles. The summed E-state index contributed by atoms with van der Waals surface area (Å²) in [5.74, 6) is 1.66. The van der Waals surface area contributed by atoms with Crippen molar-refractivity contribution in [3.8, 4) is 22.8 Å². The Hall–Kier alpha value is -3.68. The number of hydrogen-bond acceptors (Lipinski definition) is 6. The smallest absolute Gasteiger partial charge is 0.260 e. The molecular weight excluding hydrogens is 411 g/mol. The molecule has 7 nitrogen and oxygen atoms in total. The van der Waals surface area contributed by atoms with Gasteiger partial charge in [0, 0.05) is 31.7 Å². The summed E-state index contributed by atoms with van der Waals surface area (Å²) in [4.78, 5) is 16.3. The first-order valence-corrected chi connectivity index (χ1v) is 10.6. The summed E-state index contributed by atoms with van der Waals surface area (Å²) in [5, 5.41) is 8.74. The van der Waals surface area contributed by atoms with Crippen LogP contribution in [0, 0.1) is 5.82 Å². The maximum atomic E-state index is 13.0. The molecule has 3 aromatic rings. The maximum Gasteiger partial charge on any atom is 0.260 e. The molecule has 1 fully saturated rings. The van der Waals surface area contributed by atoms with Crippen molar-refractivity contribution in [2.24, 2.45) is 0 Å². The lowest BCUT2D eigenvalue weighted by Gasteiger charge is -2.35. The molecule has 8 heteroatoms. The third-order valence-corrected chi connectivity index (χ3v) is 5.24. The van der Waals surface area contributed by atoms with Crippen LogP contribution in [0.2, 0.25) is 0 Å². The van der Waals surface area contributed by atoms with Crippen LogP contribution < -0.4 is 14.4 Å². The number of benzene rings is 2. The number of nitrogens with zero attached hydrogens (tertiary/aromatic N) is 4. The predicted molar refractivity (Wildman–Crippen MR) is 119 cm³/mol. The van der Waals surface area contributed by atoms with Crippen molar-refractivity contribution in [2.75, 3.05) is 44.3 Å². The number of ether oxygens (including phenoxy) is 2. The summed E-state index contributed by atoms with van der Waals surface area (Å²) < 4.78 is 23.9. The Bertz CT molecular complexity index is 1020. The Morgan fingerprint density at radius 1 is 0.875 bits per heavy atom. The van der Waals surface area contributed by atoms with Crippen molar-refractivity contribution in [3.63, 3.8) is 0 Å². The number of rotatable bonds is 7. The van der Waals surface area contributed by atoms with Gasteiger partial charge in [0.15, 0.2) is 12.4 Å². The number of halogens is 1. The van der Waals surface area contributed by atoms with Crippen LogP contribution in [0.15, 0.2) is 60.7 Å². The summed E-state index contributed by atoms with van der Waals surface area (Å²) in [5.41, 5.74) is 1.77. The fourth-order valence-corrected chi connectivity index (χ4v) is 3.49. The van der Waals surface area contributed by atoms with Gasteiger partial charge in [-0.1, -0.05) is 0 Å². The predicted octanol–water partition coefficient (Wildman–Crippen LogP) is 3.41. The second-order valence-corrected chi connectivity index (χ2v) is 7.34. The molecule has 0 bridgehead atoms. The van der Waals surface area contributed by atoms with Gasteiger partial charge in [-0.3, -0.25) is 4.79 Å². The number of anilines is 1. The molecular formula is C24H25FN4O3. The van der Waals surface area contributed by atoms with E-state index in [0.717, 1.165) is 22.8 Å². The first-order chi connectivity index (χ1) is 15.6. The molecule has 166 valence electrons. The summed E-state index contributed by atoms with van der Waals surface area (Å²) >= 11 is 0. The van der Waals surface area contributed by atoms with E-state index in [4.69, 9.17) is 9.47 Å². The van der Waals surface area contributed by atoms with Gasteiger partial charge >= 0.3 is 0 Å². The van der Waals surface area contributed by atoms with Gasteiger partial charge < -0.3 is 19.3 Å². The highest BCUT2D eigenvalue weighted by Gasteiger charge is 2.22. The van der Waals surface area contributed by atoms with E-state index in [1.54, 1.807) is 4.90 Å². The fraction of sp³-hybridized carbons (Fsp3) is 0.292. The SMILES string of the molecule is CCOc1ccc(-c2ccc(N3CCN(C(=O)COc4ccc(F)cc4)CC3)nn2)cc1. The maximum absolute atomic E-state index is 13.0. The number of amides is 1. The molecule has 32 heavy (non-hydrogen) atoms. The van der Waals surface area contributed by atoms with Gasteiger partial charge in [0.05, 0.1) is 12.3 Å². The van der Waals surface area contributed by atoms with Crippen LogP contribution in [0.5, 0.6) is 11.5 Å². The monoisotopic (exact) mass is 436 g/mol. The minimum Gasteiger partial charge on any atom is -0.494 e. The van der Waals surface area contributed by atoms with E-state index in [0.29, 0.717) is 38.5 Å². The van der Waals surface area contributed by atoms with Gasteiger partial charge in [-0.2, -0.15) is 0 Å². The van der Waals surface area contributed by atoms with E-state index < -0.39 is 0 Å². The zero-order chi connectivity index (χ0) is 22.3. The van der Waals surface area contributed by atoms with Crippen LogP contribution >= 0.6 is 0 Å².